The van der Waals surface area contributed by atoms with Crippen LogP contribution in [0.4, 0.5) is 0 Å². The van der Waals surface area contributed by atoms with Crippen molar-refractivity contribution < 1.29 is 9.53 Å². The summed E-state index contributed by atoms with van der Waals surface area (Å²) in [6, 6.07) is 0. The number of hydrogen-bond acceptors (Lipinski definition) is 2. The molecule has 0 N–H and O–H groups in total. The van der Waals surface area contributed by atoms with E-state index in [0.717, 1.165) is 19.3 Å². The number of carbonyl (C=O) groups excluding carboxylic acids is 1. The Labute approximate surface area is 106 Å². The lowest BCUT2D eigenvalue weighted by molar-refractivity contribution is -0.166. The van der Waals surface area contributed by atoms with Crippen LogP contribution < -0.4 is 0 Å². The van der Waals surface area contributed by atoms with Gasteiger partial charge >= 0.3 is 5.97 Å². The van der Waals surface area contributed by atoms with Crippen molar-refractivity contribution in [2.75, 3.05) is 0 Å². The average Bonchev–Trinajstić information content (AvgIpc) is 2.82. The normalized spacial score (nSPS) is 20.9. The zero-order valence-corrected chi connectivity index (χ0v) is 12.5. The van der Waals surface area contributed by atoms with Crippen molar-refractivity contribution in [3.8, 4) is 0 Å². The summed E-state index contributed by atoms with van der Waals surface area (Å²) < 4.78 is 5.56. The van der Waals surface area contributed by atoms with E-state index in [0.29, 0.717) is 0 Å². The van der Waals surface area contributed by atoms with E-state index in [1.807, 2.05) is 0 Å². The molecule has 2 nitrogen and oxygen atoms in total. The van der Waals surface area contributed by atoms with Gasteiger partial charge in [0.1, 0.15) is 6.10 Å². The summed E-state index contributed by atoms with van der Waals surface area (Å²) in [7, 11) is 0. The van der Waals surface area contributed by atoms with Crippen molar-refractivity contribution in [2.45, 2.75) is 73.8 Å². The number of rotatable bonds is 3. The molecular formula is C15H28O2. The van der Waals surface area contributed by atoms with E-state index in [9.17, 15) is 4.79 Å². The Bertz CT molecular complexity index is 289. The van der Waals surface area contributed by atoms with Gasteiger partial charge in [-0.1, -0.05) is 41.5 Å². The Morgan fingerprint density at radius 1 is 1.06 bits per heavy atom. The lowest BCUT2D eigenvalue weighted by Crippen LogP contribution is -2.44. The highest BCUT2D eigenvalue weighted by atomic mass is 16.5. The minimum atomic E-state index is -0.409. The first-order valence-electron chi connectivity index (χ1n) is 6.67. The minimum Gasteiger partial charge on any atom is -0.462 e. The third-order valence-electron chi connectivity index (χ3n) is 3.79. The van der Waals surface area contributed by atoms with E-state index in [1.165, 1.54) is 0 Å². The van der Waals surface area contributed by atoms with Gasteiger partial charge in [0.05, 0.1) is 5.41 Å². The highest BCUT2D eigenvalue weighted by Gasteiger charge is 2.49. The highest BCUT2D eigenvalue weighted by molar-refractivity contribution is 5.77. The summed E-state index contributed by atoms with van der Waals surface area (Å²) in [6.07, 6.45) is 3.14. The van der Waals surface area contributed by atoms with E-state index < -0.39 is 5.41 Å². The first-order chi connectivity index (χ1) is 7.46. The van der Waals surface area contributed by atoms with Gasteiger partial charge in [-0.3, -0.25) is 4.79 Å². The molecule has 0 saturated heterocycles. The van der Waals surface area contributed by atoms with Crippen molar-refractivity contribution in [1.82, 2.24) is 0 Å². The maximum atomic E-state index is 12.4. The molecule has 0 aliphatic heterocycles. The van der Waals surface area contributed by atoms with Crippen molar-refractivity contribution in [3.63, 3.8) is 0 Å². The van der Waals surface area contributed by atoms with E-state index >= 15 is 0 Å². The van der Waals surface area contributed by atoms with Crippen LogP contribution in [0.1, 0.15) is 67.7 Å². The molecular weight excluding hydrogens is 212 g/mol. The van der Waals surface area contributed by atoms with Gasteiger partial charge in [-0.05, 0) is 37.0 Å². The molecule has 0 bridgehead atoms. The highest BCUT2D eigenvalue weighted by Crippen LogP contribution is 2.48. The Kier molecular flexibility index (Phi) is 3.67. The smallest absolute Gasteiger partial charge is 0.312 e. The second-order valence-electron chi connectivity index (χ2n) is 7.92. The first kappa shape index (κ1) is 14.5. The molecule has 1 unspecified atom stereocenters. The van der Waals surface area contributed by atoms with Crippen molar-refractivity contribution in [2.24, 2.45) is 16.2 Å². The fourth-order valence-corrected chi connectivity index (χ4v) is 2.17. The summed E-state index contributed by atoms with van der Waals surface area (Å²) in [4.78, 5) is 12.4. The Morgan fingerprint density at radius 3 is 1.82 bits per heavy atom. The third-order valence-corrected chi connectivity index (χ3v) is 3.79. The predicted octanol–water partition coefficient (Wildman–Crippen LogP) is 4.18. The molecule has 1 fully saturated rings. The van der Waals surface area contributed by atoms with Gasteiger partial charge in [0.2, 0.25) is 0 Å². The van der Waals surface area contributed by atoms with Crippen molar-refractivity contribution in [1.29, 1.82) is 0 Å². The van der Waals surface area contributed by atoms with Crippen molar-refractivity contribution in [3.05, 3.63) is 0 Å². The zero-order valence-electron chi connectivity index (χ0n) is 12.5. The Morgan fingerprint density at radius 2 is 1.53 bits per heavy atom. The molecule has 1 aliphatic rings. The van der Waals surface area contributed by atoms with Crippen LogP contribution in [0, 0.1) is 16.2 Å². The molecule has 1 rings (SSSR count). The number of hydrogen-bond donors (Lipinski definition) is 0. The van der Waals surface area contributed by atoms with Gasteiger partial charge in [-0.15, -0.1) is 0 Å². The number of esters is 1. The van der Waals surface area contributed by atoms with Crippen LogP contribution in [0.15, 0.2) is 0 Å². The molecule has 2 heteroatoms. The third kappa shape index (κ3) is 3.72. The van der Waals surface area contributed by atoms with E-state index in [1.54, 1.807) is 0 Å². The van der Waals surface area contributed by atoms with Crippen LogP contribution in [-0.2, 0) is 9.53 Å². The molecule has 0 heterocycles. The standard InChI is InChI=1S/C15H28O2/c1-13(2,3)10-15(7,14(4,5)6)12(16)17-11-8-9-11/h11H,8-10H2,1-7H3. The number of ether oxygens (including phenoxy) is 1. The predicted molar refractivity (Wildman–Crippen MR) is 70.7 cm³/mol. The van der Waals surface area contributed by atoms with Crippen molar-refractivity contribution >= 4 is 5.97 Å². The lowest BCUT2D eigenvalue weighted by Gasteiger charge is -2.43. The maximum Gasteiger partial charge on any atom is 0.312 e. The lowest BCUT2D eigenvalue weighted by atomic mass is 9.61. The van der Waals surface area contributed by atoms with Crippen LogP contribution in [0.5, 0.6) is 0 Å². The molecule has 0 aromatic heterocycles. The molecule has 0 radical (unpaired) electrons. The topological polar surface area (TPSA) is 26.3 Å². The molecule has 100 valence electrons. The fraction of sp³-hybridized carbons (Fsp3) is 0.933. The molecule has 17 heavy (non-hydrogen) atoms. The summed E-state index contributed by atoms with van der Waals surface area (Å²) in [5, 5.41) is 0. The van der Waals surface area contributed by atoms with Gasteiger partial charge in [0.25, 0.3) is 0 Å². The van der Waals surface area contributed by atoms with E-state index in [4.69, 9.17) is 4.74 Å². The largest absolute Gasteiger partial charge is 0.462 e. The average molecular weight is 240 g/mol. The molecule has 0 amide bonds. The summed E-state index contributed by atoms with van der Waals surface area (Å²) in [6.45, 7) is 15.0. The van der Waals surface area contributed by atoms with Gasteiger partial charge < -0.3 is 4.74 Å². The van der Waals surface area contributed by atoms with E-state index in [-0.39, 0.29) is 22.9 Å². The van der Waals surface area contributed by atoms with Gasteiger partial charge in [0, 0.05) is 0 Å². The molecule has 1 saturated carbocycles. The van der Waals surface area contributed by atoms with Gasteiger partial charge in [0.15, 0.2) is 0 Å². The first-order valence-corrected chi connectivity index (χ1v) is 6.67. The zero-order chi connectivity index (χ0) is 13.5. The second-order valence-corrected chi connectivity index (χ2v) is 7.92. The van der Waals surface area contributed by atoms with Crippen LogP contribution in [-0.4, -0.2) is 12.1 Å². The van der Waals surface area contributed by atoms with Crippen LogP contribution >= 0.6 is 0 Å². The second kappa shape index (κ2) is 4.29. The number of carbonyl (C=O) groups is 1. The van der Waals surface area contributed by atoms with Gasteiger partial charge in [-0.25, -0.2) is 0 Å². The fourth-order valence-electron chi connectivity index (χ4n) is 2.17. The van der Waals surface area contributed by atoms with Crippen LogP contribution in [0.2, 0.25) is 0 Å². The van der Waals surface area contributed by atoms with Crippen LogP contribution in [0.25, 0.3) is 0 Å². The molecule has 1 aliphatic carbocycles. The molecule has 0 aromatic carbocycles. The maximum absolute atomic E-state index is 12.4. The van der Waals surface area contributed by atoms with E-state index in [2.05, 4.69) is 48.5 Å². The summed E-state index contributed by atoms with van der Waals surface area (Å²) >= 11 is 0. The minimum absolute atomic E-state index is 0.0116. The Hall–Kier alpha value is -0.530. The summed E-state index contributed by atoms with van der Waals surface area (Å²) in [5.74, 6) is -0.0116. The molecule has 0 aromatic rings. The Balaban J connectivity index is 2.88. The quantitative estimate of drug-likeness (QED) is 0.692. The molecule has 0 spiro atoms. The molecule has 1 atom stereocenters. The SMILES string of the molecule is CC(C)(C)CC(C)(C(=O)OC1CC1)C(C)(C)C. The van der Waals surface area contributed by atoms with Crippen LogP contribution in [0.3, 0.4) is 0 Å². The summed E-state index contributed by atoms with van der Waals surface area (Å²) in [5.41, 5.74) is -0.356. The van der Waals surface area contributed by atoms with Gasteiger partial charge in [-0.2, -0.15) is 0 Å². The monoisotopic (exact) mass is 240 g/mol.